The summed E-state index contributed by atoms with van der Waals surface area (Å²) in [6.07, 6.45) is 0. The Labute approximate surface area is 193 Å². The Kier molecular flexibility index (Phi) is 6.63. The minimum atomic E-state index is -0.387. The number of carbonyl (C=O) groups is 1. The standard InChI is InChI=1S/C23H20ClN5O2S/c1-15-21(32-22(26-15)16-6-3-2-4-7-16)19-10-11-20(30)29(28-19)13-12-25-23(31)27-18-9-5-8-17(24)14-18/h2-11,14H,12-13H2,1H3,(H2,25,27,31). The van der Waals surface area contributed by atoms with Gasteiger partial charge < -0.3 is 10.6 Å². The third-order valence-electron chi connectivity index (χ3n) is 4.61. The second-order valence-corrected chi connectivity index (χ2v) is 8.41. The van der Waals surface area contributed by atoms with Gasteiger partial charge in [-0.15, -0.1) is 11.3 Å². The van der Waals surface area contributed by atoms with Crippen molar-refractivity contribution in [3.8, 4) is 21.1 Å². The number of hydrogen-bond acceptors (Lipinski definition) is 5. The van der Waals surface area contributed by atoms with Gasteiger partial charge in [0.25, 0.3) is 5.56 Å². The molecule has 0 atom stereocenters. The van der Waals surface area contributed by atoms with Crippen LogP contribution < -0.4 is 16.2 Å². The van der Waals surface area contributed by atoms with Crippen molar-refractivity contribution < 1.29 is 4.79 Å². The summed E-state index contributed by atoms with van der Waals surface area (Å²) in [5.74, 6) is 0. The molecule has 0 fully saturated rings. The van der Waals surface area contributed by atoms with Crippen molar-refractivity contribution in [2.24, 2.45) is 0 Å². The lowest BCUT2D eigenvalue weighted by molar-refractivity contribution is 0.251. The average molecular weight is 466 g/mol. The van der Waals surface area contributed by atoms with Crippen LogP contribution in [0.1, 0.15) is 5.69 Å². The van der Waals surface area contributed by atoms with E-state index in [-0.39, 0.29) is 24.7 Å². The topological polar surface area (TPSA) is 88.9 Å². The molecule has 0 aliphatic carbocycles. The summed E-state index contributed by atoms with van der Waals surface area (Å²) >= 11 is 7.45. The fraction of sp³-hybridized carbons (Fsp3) is 0.130. The van der Waals surface area contributed by atoms with E-state index in [0.29, 0.717) is 16.4 Å². The molecule has 9 heteroatoms. The van der Waals surface area contributed by atoms with Gasteiger partial charge in [-0.3, -0.25) is 4.79 Å². The summed E-state index contributed by atoms with van der Waals surface area (Å²) in [5.41, 5.74) is 2.91. The number of nitrogens with one attached hydrogen (secondary N) is 2. The van der Waals surface area contributed by atoms with E-state index < -0.39 is 0 Å². The smallest absolute Gasteiger partial charge is 0.319 e. The molecule has 2 aromatic heterocycles. The summed E-state index contributed by atoms with van der Waals surface area (Å²) in [4.78, 5) is 29.9. The van der Waals surface area contributed by atoms with E-state index in [9.17, 15) is 9.59 Å². The van der Waals surface area contributed by atoms with E-state index >= 15 is 0 Å². The van der Waals surface area contributed by atoms with Crippen molar-refractivity contribution in [2.45, 2.75) is 13.5 Å². The molecular formula is C23H20ClN5O2S. The number of aryl methyl sites for hydroxylation is 1. The quantitative estimate of drug-likeness (QED) is 0.427. The Morgan fingerprint density at radius 2 is 1.91 bits per heavy atom. The lowest BCUT2D eigenvalue weighted by Crippen LogP contribution is -2.34. The van der Waals surface area contributed by atoms with Gasteiger partial charge in [-0.25, -0.2) is 14.5 Å². The Bertz CT molecular complexity index is 1300. The predicted octanol–water partition coefficient (Wildman–Crippen LogP) is 4.82. The first-order chi connectivity index (χ1) is 15.5. The molecule has 0 saturated carbocycles. The molecule has 162 valence electrons. The van der Waals surface area contributed by atoms with Gasteiger partial charge in [-0.05, 0) is 31.2 Å². The number of carbonyl (C=O) groups excluding carboxylic acids is 1. The van der Waals surface area contributed by atoms with Crippen molar-refractivity contribution in [3.05, 3.63) is 87.8 Å². The van der Waals surface area contributed by atoms with Crippen molar-refractivity contribution in [3.63, 3.8) is 0 Å². The number of thiazole rings is 1. The maximum Gasteiger partial charge on any atom is 0.319 e. The highest BCUT2D eigenvalue weighted by molar-refractivity contribution is 7.18. The second-order valence-electron chi connectivity index (χ2n) is 6.97. The van der Waals surface area contributed by atoms with Crippen LogP contribution in [0.25, 0.3) is 21.1 Å². The van der Waals surface area contributed by atoms with Gasteiger partial charge in [0.05, 0.1) is 17.1 Å². The SMILES string of the molecule is Cc1nc(-c2ccccc2)sc1-c1ccc(=O)n(CCNC(=O)Nc2cccc(Cl)c2)n1. The lowest BCUT2D eigenvalue weighted by Gasteiger charge is -2.09. The van der Waals surface area contributed by atoms with Gasteiger partial charge in [-0.2, -0.15) is 5.10 Å². The molecule has 0 aliphatic rings. The van der Waals surface area contributed by atoms with Crippen molar-refractivity contribution in [1.29, 1.82) is 0 Å². The van der Waals surface area contributed by atoms with Crippen LogP contribution in [-0.2, 0) is 6.54 Å². The fourth-order valence-electron chi connectivity index (χ4n) is 3.09. The molecule has 2 N–H and O–H groups in total. The molecule has 0 radical (unpaired) electrons. The molecule has 4 rings (SSSR count). The second kappa shape index (κ2) is 9.76. The van der Waals surface area contributed by atoms with E-state index in [2.05, 4.69) is 20.7 Å². The third-order valence-corrected chi connectivity index (χ3v) is 6.07. The number of benzene rings is 2. The third kappa shape index (κ3) is 5.22. The Morgan fingerprint density at radius 3 is 2.69 bits per heavy atom. The van der Waals surface area contributed by atoms with E-state index in [1.165, 1.54) is 22.1 Å². The monoisotopic (exact) mass is 465 g/mol. The Morgan fingerprint density at radius 1 is 1.09 bits per heavy atom. The lowest BCUT2D eigenvalue weighted by atomic mass is 10.2. The van der Waals surface area contributed by atoms with E-state index in [0.717, 1.165) is 21.1 Å². The van der Waals surface area contributed by atoms with Crippen LogP contribution in [0, 0.1) is 6.92 Å². The zero-order valence-electron chi connectivity index (χ0n) is 17.2. The minimum absolute atomic E-state index is 0.235. The molecule has 4 aromatic rings. The largest absolute Gasteiger partial charge is 0.336 e. The number of urea groups is 1. The fourth-order valence-corrected chi connectivity index (χ4v) is 4.31. The Hall–Kier alpha value is -3.49. The van der Waals surface area contributed by atoms with Gasteiger partial charge in [0.15, 0.2) is 0 Å². The van der Waals surface area contributed by atoms with Gasteiger partial charge in [0.1, 0.15) is 10.7 Å². The number of anilines is 1. The van der Waals surface area contributed by atoms with Gasteiger partial charge in [0.2, 0.25) is 0 Å². The van der Waals surface area contributed by atoms with Crippen LogP contribution in [0.2, 0.25) is 5.02 Å². The van der Waals surface area contributed by atoms with E-state index in [4.69, 9.17) is 11.6 Å². The Balaban J connectivity index is 1.44. The normalized spacial score (nSPS) is 10.7. The molecule has 2 heterocycles. The number of amides is 2. The molecule has 32 heavy (non-hydrogen) atoms. The zero-order valence-corrected chi connectivity index (χ0v) is 18.8. The summed E-state index contributed by atoms with van der Waals surface area (Å²) in [5, 5.41) is 11.3. The molecule has 0 unspecified atom stereocenters. The number of hydrogen-bond donors (Lipinski definition) is 2. The van der Waals surface area contributed by atoms with Gasteiger partial charge in [0, 0.05) is 28.9 Å². The molecule has 2 amide bonds. The van der Waals surface area contributed by atoms with E-state index in [1.54, 1.807) is 30.3 Å². The minimum Gasteiger partial charge on any atom is -0.336 e. The first kappa shape index (κ1) is 21.7. The van der Waals surface area contributed by atoms with E-state index in [1.807, 2.05) is 37.3 Å². The number of nitrogens with zero attached hydrogens (tertiary/aromatic N) is 3. The van der Waals surface area contributed by atoms with Gasteiger partial charge >= 0.3 is 6.03 Å². The first-order valence-corrected chi connectivity index (χ1v) is 11.1. The van der Waals surface area contributed by atoms with Crippen LogP contribution in [0.3, 0.4) is 0 Å². The van der Waals surface area contributed by atoms with Crippen molar-refractivity contribution >= 4 is 34.7 Å². The zero-order chi connectivity index (χ0) is 22.5. The van der Waals surface area contributed by atoms with Crippen LogP contribution in [0.5, 0.6) is 0 Å². The number of halogens is 1. The maximum absolute atomic E-state index is 12.3. The molecule has 2 aromatic carbocycles. The van der Waals surface area contributed by atoms with Crippen LogP contribution in [0.15, 0.2) is 71.5 Å². The number of rotatable bonds is 6. The predicted molar refractivity (Wildman–Crippen MR) is 128 cm³/mol. The molecule has 0 aliphatic heterocycles. The molecule has 7 nitrogen and oxygen atoms in total. The highest BCUT2D eigenvalue weighted by Gasteiger charge is 2.13. The van der Waals surface area contributed by atoms with Gasteiger partial charge in [-0.1, -0.05) is 48.0 Å². The first-order valence-electron chi connectivity index (χ1n) is 9.91. The molecule has 0 spiro atoms. The van der Waals surface area contributed by atoms with Crippen LogP contribution >= 0.6 is 22.9 Å². The molecule has 0 bridgehead atoms. The summed E-state index contributed by atoms with van der Waals surface area (Å²) in [6, 6.07) is 19.6. The maximum atomic E-state index is 12.3. The van der Waals surface area contributed by atoms with Crippen LogP contribution in [-0.4, -0.2) is 27.3 Å². The van der Waals surface area contributed by atoms with Crippen molar-refractivity contribution in [1.82, 2.24) is 20.1 Å². The highest BCUT2D eigenvalue weighted by Crippen LogP contribution is 2.33. The summed E-state index contributed by atoms with van der Waals surface area (Å²) in [7, 11) is 0. The molecule has 0 saturated heterocycles. The number of aromatic nitrogens is 3. The summed E-state index contributed by atoms with van der Waals surface area (Å²) in [6.45, 7) is 2.40. The average Bonchev–Trinajstić information content (AvgIpc) is 3.17. The highest BCUT2D eigenvalue weighted by atomic mass is 35.5. The molecular weight excluding hydrogens is 446 g/mol. The summed E-state index contributed by atoms with van der Waals surface area (Å²) < 4.78 is 1.34. The van der Waals surface area contributed by atoms with Crippen LogP contribution in [0.4, 0.5) is 10.5 Å². The van der Waals surface area contributed by atoms with Crippen molar-refractivity contribution in [2.75, 3.05) is 11.9 Å².